The number of nitrogens with zero attached hydrogens (tertiary/aromatic N) is 6. The third kappa shape index (κ3) is 6.07. The molecule has 6 rings (SSSR count). The lowest BCUT2D eigenvalue weighted by Gasteiger charge is -2.27. The van der Waals surface area contributed by atoms with Gasteiger partial charge in [-0.25, -0.2) is 9.97 Å². The van der Waals surface area contributed by atoms with E-state index in [2.05, 4.69) is 27.1 Å². The second-order valence-electron chi connectivity index (χ2n) is 12.4. The number of nitrogens with one attached hydrogen (secondary N) is 1. The first-order valence-corrected chi connectivity index (χ1v) is 15.8. The Morgan fingerprint density at radius 3 is 2.33 bits per heavy atom. The molecule has 0 aliphatic carbocycles. The number of aromatic nitrogens is 4. The lowest BCUT2D eigenvalue weighted by Crippen LogP contribution is -2.36. The van der Waals surface area contributed by atoms with Gasteiger partial charge in [-0.1, -0.05) is 41.9 Å². The molecule has 0 saturated heterocycles. The normalized spacial score (nSPS) is 15.9. The molecule has 2 aromatic heterocycles. The average molecular weight is 630 g/mol. The molecule has 4 aromatic rings. The minimum Gasteiger partial charge on any atom is -0.392 e. The number of likely N-dealkylation sites (N-methyl/N-ethyl adjacent to an activating group) is 1. The van der Waals surface area contributed by atoms with Crippen molar-refractivity contribution in [1.82, 2.24) is 28.9 Å². The van der Waals surface area contributed by atoms with Gasteiger partial charge in [-0.2, -0.15) is 0 Å². The summed E-state index contributed by atoms with van der Waals surface area (Å²) in [4.78, 5) is 40.7. The predicted octanol–water partition coefficient (Wildman–Crippen LogP) is 4.19. The summed E-state index contributed by atoms with van der Waals surface area (Å²) in [6.45, 7) is 7.40. The Kier molecular flexibility index (Phi) is 8.67. The molecule has 236 valence electrons. The predicted molar refractivity (Wildman–Crippen MR) is 175 cm³/mol. The largest absolute Gasteiger partial charge is 0.392 e. The molecule has 0 radical (unpaired) electrons. The maximum absolute atomic E-state index is 13.5. The highest BCUT2D eigenvalue weighted by Crippen LogP contribution is 2.36. The van der Waals surface area contributed by atoms with E-state index in [0.29, 0.717) is 35.4 Å². The van der Waals surface area contributed by atoms with Crippen molar-refractivity contribution in [3.8, 4) is 11.1 Å². The number of β-amino-alcohol motifs (C(OH)–C–C–N with tert-alkyl or cyclic N) is 1. The zero-order valence-electron chi connectivity index (χ0n) is 26.5. The Labute approximate surface area is 268 Å². The summed E-state index contributed by atoms with van der Waals surface area (Å²) < 4.78 is 3.81. The summed E-state index contributed by atoms with van der Waals surface area (Å²) >= 11 is 6.98. The van der Waals surface area contributed by atoms with Crippen LogP contribution in [0.1, 0.15) is 62.1 Å². The van der Waals surface area contributed by atoms with Crippen molar-refractivity contribution < 1.29 is 14.7 Å². The summed E-state index contributed by atoms with van der Waals surface area (Å²) in [5, 5.41) is 13.4. The highest BCUT2D eigenvalue weighted by molar-refractivity contribution is 6.34. The van der Waals surface area contributed by atoms with Gasteiger partial charge in [0, 0.05) is 88.7 Å². The van der Waals surface area contributed by atoms with Gasteiger partial charge in [0.2, 0.25) is 5.78 Å². The number of Topliss-reactive ketones (excluding diaryl/α,β-unsaturated/α-hetero) is 1. The van der Waals surface area contributed by atoms with Crippen molar-refractivity contribution in [1.29, 1.82) is 0 Å². The van der Waals surface area contributed by atoms with Gasteiger partial charge in [-0.05, 0) is 43.7 Å². The molecule has 0 spiro atoms. The highest BCUT2D eigenvalue weighted by atomic mass is 35.5. The van der Waals surface area contributed by atoms with Gasteiger partial charge < -0.3 is 24.5 Å². The molecule has 2 aliphatic heterocycles. The van der Waals surface area contributed by atoms with E-state index in [-0.39, 0.29) is 18.1 Å². The van der Waals surface area contributed by atoms with Crippen molar-refractivity contribution >= 4 is 29.0 Å². The number of aliphatic hydroxyl groups excluding tert-OH is 1. The van der Waals surface area contributed by atoms with Gasteiger partial charge in [0.25, 0.3) is 5.91 Å². The standard InChI is InChI=1S/C34H40ClN7O3/c1-20(43)17-42-15-13-29-27(19-42)37-33(41(29)5)34(45)38-25-11-7-9-23(21(25)2)24-10-6-8-22(31(24)35)16-30(44)32-36-26-18-39(3)14-12-28(26)40(32)4/h6-11,20,43H,12-19H2,1-5H3,(H,38,45)/t20-/m1/s1. The van der Waals surface area contributed by atoms with Crippen LogP contribution < -0.4 is 5.32 Å². The number of aliphatic hydroxyl groups is 1. The van der Waals surface area contributed by atoms with Crippen LogP contribution in [0.4, 0.5) is 5.69 Å². The smallest absolute Gasteiger partial charge is 0.291 e. The molecule has 2 aliphatic rings. The molecule has 2 aromatic carbocycles. The molecule has 0 fully saturated rings. The average Bonchev–Trinajstić information content (AvgIpc) is 3.50. The van der Waals surface area contributed by atoms with Crippen LogP contribution in [0.15, 0.2) is 36.4 Å². The first-order chi connectivity index (χ1) is 21.5. The van der Waals surface area contributed by atoms with Crippen LogP contribution in [0.5, 0.6) is 0 Å². The molecule has 1 atom stereocenters. The number of carbonyl (C=O) groups excluding carboxylic acids is 2. The molecule has 0 saturated carbocycles. The first kappa shape index (κ1) is 31.2. The summed E-state index contributed by atoms with van der Waals surface area (Å²) in [5.41, 5.74) is 7.92. The molecule has 45 heavy (non-hydrogen) atoms. The lowest BCUT2D eigenvalue weighted by molar-refractivity contribution is 0.0977. The number of hydrogen-bond donors (Lipinski definition) is 2. The van der Waals surface area contributed by atoms with Crippen molar-refractivity contribution in [2.45, 2.75) is 52.3 Å². The van der Waals surface area contributed by atoms with Crippen molar-refractivity contribution in [3.63, 3.8) is 0 Å². The van der Waals surface area contributed by atoms with Gasteiger partial charge in [-0.15, -0.1) is 0 Å². The number of imidazole rings is 2. The van der Waals surface area contributed by atoms with Gasteiger partial charge >= 0.3 is 0 Å². The highest BCUT2D eigenvalue weighted by Gasteiger charge is 2.27. The quantitative estimate of drug-likeness (QED) is 0.282. The molecule has 4 heterocycles. The van der Waals surface area contributed by atoms with E-state index in [1.165, 1.54) is 0 Å². The van der Waals surface area contributed by atoms with Crippen LogP contribution in [0.25, 0.3) is 11.1 Å². The summed E-state index contributed by atoms with van der Waals surface area (Å²) in [6, 6.07) is 11.5. The Bertz CT molecular complexity index is 1790. The van der Waals surface area contributed by atoms with E-state index in [4.69, 9.17) is 16.6 Å². The van der Waals surface area contributed by atoms with Crippen molar-refractivity contribution in [3.05, 3.63) is 87.0 Å². The number of rotatable bonds is 8. The molecular weight excluding hydrogens is 590 g/mol. The number of anilines is 1. The van der Waals surface area contributed by atoms with Gasteiger partial charge in [0.15, 0.2) is 11.6 Å². The SMILES string of the molecule is Cc1c(NC(=O)c2nc3c(n2C)CCN(C[C@@H](C)O)C3)cccc1-c1cccc(CC(=O)c2nc3c(n2C)CCN(C)C3)c1Cl. The second kappa shape index (κ2) is 12.5. The van der Waals surface area contributed by atoms with E-state index < -0.39 is 6.10 Å². The van der Waals surface area contributed by atoms with Crippen LogP contribution in [0.2, 0.25) is 5.02 Å². The fourth-order valence-electron chi connectivity index (χ4n) is 6.64. The third-order valence-corrected chi connectivity index (χ3v) is 9.50. The van der Waals surface area contributed by atoms with E-state index in [0.717, 1.165) is 77.5 Å². The minimum atomic E-state index is -0.420. The molecule has 1 amide bonds. The molecular formula is C34H40ClN7O3. The van der Waals surface area contributed by atoms with Crippen molar-refractivity contribution in [2.75, 3.05) is 32.0 Å². The van der Waals surface area contributed by atoms with Crippen LogP contribution >= 0.6 is 11.6 Å². The van der Waals surface area contributed by atoms with Gasteiger partial charge in [0.1, 0.15) is 0 Å². The molecule has 0 unspecified atom stereocenters. The van der Waals surface area contributed by atoms with E-state index in [1.807, 2.05) is 66.6 Å². The Hall–Kier alpha value is -3.83. The number of carbonyl (C=O) groups is 2. The topological polar surface area (TPSA) is 109 Å². The third-order valence-electron chi connectivity index (χ3n) is 9.06. The second-order valence-corrected chi connectivity index (χ2v) is 12.8. The molecule has 10 nitrogen and oxygen atoms in total. The van der Waals surface area contributed by atoms with Crippen LogP contribution in [0.3, 0.4) is 0 Å². The number of fused-ring (bicyclic) bond motifs is 2. The summed E-state index contributed by atoms with van der Waals surface area (Å²) in [5.74, 6) is 0.455. The Morgan fingerprint density at radius 2 is 1.58 bits per heavy atom. The molecule has 0 bridgehead atoms. The summed E-state index contributed by atoms with van der Waals surface area (Å²) in [7, 11) is 5.85. The fraction of sp³-hybridized carbons (Fsp3) is 0.412. The number of benzene rings is 2. The molecule has 11 heteroatoms. The van der Waals surface area contributed by atoms with E-state index in [1.54, 1.807) is 6.92 Å². The molecule has 2 N–H and O–H groups in total. The van der Waals surface area contributed by atoms with Crippen LogP contribution in [-0.2, 0) is 46.4 Å². The van der Waals surface area contributed by atoms with E-state index >= 15 is 0 Å². The minimum absolute atomic E-state index is 0.0712. The number of halogens is 1. The monoisotopic (exact) mass is 629 g/mol. The van der Waals surface area contributed by atoms with Gasteiger partial charge in [0.05, 0.1) is 22.5 Å². The van der Waals surface area contributed by atoms with E-state index in [9.17, 15) is 14.7 Å². The fourth-order valence-corrected chi connectivity index (χ4v) is 6.94. The Morgan fingerprint density at radius 1 is 0.933 bits per heavy atom. The number of ketones is 1. The Balaban J connectivity index is 1.22. The van der Waals surface area contributed by atoms with Crippen LogP contribution in [-0.4, -0.2) is 78.5 Å². The zero-order valence-corrected chi connectivity index (χ0v) is 27.3. The zero-order chi connectivity index (χ0) is 32.0. The summed E-state index contributed by atoms with van der Waals surface area (Å²) in [6.07, 6.45) is 1.36. The maximum atomic E-state index is 13.5. The lowest BCUT2D eigenvalue weighted by atomic mass is 9.96. The first-order valence-electron chi connectivity index (χ1n) is 15.4. The van der Waals surface area contributed by atoms with Crippen molar-refractivity contribution in [2.24, 2.45) is 14.1 Å². The number of hydrogen-bond acceptors (Lipinski definition) is 7. The maximum Gasteiger partial charge on any atom is 0.291 e. The van der Waals surface area contributed by atoms with Crippen LogP contribution in [0, 0.1) is 6.92 Å². The number of amides is 1. The van der Waals surface area contributed by atoms with Gasteiger partial charge in [-0.3, -0.25) is 14.5 Å².